The van der Waals surface area contributed by atoms with E-state index in [4.69, 9.17) is 0 Å². The first-order chi connectivity index (χ1) is 13.3. The Labute approximate surface area is 162 Å². The van der Waals surface area contributed by atoms with Crippen LogP contribution in [0.2, 0.25) is 0 Å². The monoisotopic (exact) mass is 367 g/mol. The average Bonchev–Trinajstić information content (AvgIpc) is 3.22. The van der Waals surface area contributed by atoms with Gasteiger partial charge in [-0.2, -0.15) is 5.10 Å². The highest BCUT2D eigenvalue weighted by Crippen LogP contribution is 2.28. The predicted octanol–water partition coefficient (Wildman–Crippen LogP) is 2.36. The Hall–Kier alpha value is -1.69. The van der Waals surface area contributed by atoms with Crippen LogP contribution in [0.15, 0.2) is 36.5 Å². The van der Waals surface area contributed by atoms with Gasteiger partial charge in [-0.3, -0.25) is 10.00 Å². The van der Waals surface area contributed by atoms with Crippen LogP contribution >= 0.6 is 0 Å². The fraction of sp³-hybridized carbons (Fsp3) is 0.591. The van der Waals surface area contributed by atoms with Crippen LogP contribution in [0.1, 0.15) is 31.2 Å². The fourth-order valence-corrected chi connectivity index (χ4v) is 4.74. The molecule has 2 aromatic rings. The zero-order chi connectivity index (χ0) is 18.5. The van der Waals surface area contributed by atoms with Gasteiger partial charge in [0.2, 0.25) is 0 Å². The number of nitrogens with zero attached hydrogens (tertiary/aromatic N) is 3. The van der Waals surface area contributed by atoms with E-state index in [1.54, 1.807) is 0 Å². The number of hydrogen-bond acceptors (Lipinski definition) is 4. The lowest BCUT2D eigenvalue weighted by Crippen LogP contribution is -2.36. The molecule has 1 aromatic heterocycles. The van der Waals surface area contributed by atoms with Crippen LogP contribution in [0, 0.1) is 11.8 Å². The van der Waals surface area contributed by atoms with E-state index in [9.17, 15) is 5.11 Å². The number of rotatable bonds is 6. The standard InChI is InChI=1S/C22H31N4O/c27-17-21-16-26(15-20(21)14-25-10-6-1-2-7-11-25)13-19-12-23-24-22(19)18-8-4-3-5-9-18/h3-5,8-9,12,20-21H,1-2,6-7,10-11,13-17H2,(H,23,24)/q-1. The van der Waals surface area contributed by atoms with Crippen LogP contribution in [0.3, 0.4) is 0 Å². The van der Waals surface area contributed by atoms with Crippen molar-refractivity contribution in [3.05, 3.63) is 42.1 Å². The van der Waals surface area contributed by atoms with E-state index in [0.29, 0.717) is 5.92 Å². The zero-order valence-electron chi connectivity index (χ0n) is 16.1. The summed E-state index contributed by atoms with van der Waals surface area (Å²) in [6.45, 7) is 6.38. The van der Waals surface area contributed by atoms with Gasteiger partial charge in [0.1, 0.15) is 0 Å². The summed E-state index contributed by atoms with van der Waals surface area (Å²) in [4.78, 5) is 5.07. The Kier molecular flexibility index (Phi) is 6.22. The quantitative estimate of drug-likeness (QED) is 0.852. The molecular formula is C22H31N4O-. The van der Waals surface area contributed by atoms with E-state index in [1.165, 1.54) is 49.9 Å². The molecule has 0 spiro atoms. The van der Waals surface area contributed by atoms with Gasteiger partial charge in [-0.15, -0.1) is 6.61 Å². The van der Waals surface area contributed by atoms with Gasteiger partial charge in [0, 0.05) is 31.7 Å². The van der Waals surface area contributed by atoms with Crippen molar-refractivity contribution in [3.8, 4) is 11.3 Å². The summed E-state index contributed by atoms with van der Waals surface area (Å²) in [7, 11) is 0. The van der Waals surface area contributed by atoms with Crippen molar-refractivity contribution >= 4 is 0 Å². The summed E-state index contributed by atoms with van der Waals surface area (Å²) < 4.78 is 0. The third-order valence-electron chi connectivity index (χ3n) is 6.23. The largest absolute Gasteiger partial charge is 0.854 e. The van der Waals surface area contributed by atoms with E-state index in [1.807, 2.05) is 12.3 Å². The van der Waals surface area contributed by atoms with Gasteiger partial charge in [0.15, 0.2) is 0 Å². The molecule has 0 radical (unpaired) electrons. The lowest BCUT2D eigenvalue weighted by Gasteiger charge is -2.28. The molecule has 2 aliphatic rings. The molecule has 2 unspecified atom stereocenters. The van der Waals surface area contributed by atoms with Crippen molar-refractivity contribution in [2.75, 3.05) is 39.3 Å². The fourth-order valence-electron chi connectivity index (χ4n) is 4.74. The smallest absolute Gasteiger partial charge is 0.0695 e. The third-order valence-corrected chi connectivity index (χ3v) is 6.23. The number of hydrogen-bond donors (Lipinski definition) is 1. The van der Waals surface area contributed by atoms with E-state index in [-0.39, 0.29) is 12.5 Å². The van der Waals surface area contributed by atoms with Gasteiger partial charge in [-0.05, 0) is 43.3 Å². The Bertz CT molecular complexity index is 693. The highest BCUT2D eigenvalue weighted by Gasteiger charge is 2.32. The lowest BCUT2D eigenvalue weighted by atomic mass is 9.96. The second kappa shape index (κ2) is 9.00. The molecule has 3 heterocycles. The van der Waals surface area contributed by atoms with Crippen molar-refractivity contribution in [1.82, 2.24) is 20.0 Å². The number of H-pyrrole nitrogens is 1. The minimum Gasteiger partial charge on any atom is -0.854 e. The van der Waals surface area contributed by atoms with Gasteiger partial charge in [-0.1, -0.05) is 43.2 Å². The SMILES string of the molecule is [O-]CC1CN(Cc2cn[nH]c2-c2ccccc2)CC1CN1CCCCCC1. The summed E-state index contributed by atoms with van der Waals surface area (Å²) >= 11 is 0. The molecule has 4 rings (SSSR count). The number of benzene rings is 1. The minimum atomic E-state index is 0.0476. The van der Waals surface area contributed by atoms with E-state index in [2.05, 4.69) is 44.3 Å². The first-order valence-electron chi connectivity index (χ1n) is 10.4. The summed E-state index contributed by atoms with van der Waals surface area (Å²) in [5, 5.41) is 19.3. The maximum absolute atomic E-state index is 11.8. The van der Waals surface area contributed by atoms with Crippen molar-refractivity contribution in [2.45, 2.75) is 32.2 Å². The number of aromatic amines is 1. The molecule has 0 amide bonds. The molecule has 27 heavy (non-hydrogen) atoms. The van der Waals surface area contributed by atoms with Crippen LogP contribution < -0.4 is 5.11 Å². The Balaban J connectivity index is 1.40. The van der Waals surface area contributed by atoms with Gasteiger partial charge in [0.05, 0.1) is 11.9 Å². The molecule has 0 saturated carbocycles. The molecule has 5 heteroatoms. The normalized spacial score (nSPS) is 24.9. The van der Waals surface area contributed by atoms with Crippen LogP contribution in [0.5, 0.6) is 0 Å². The maximum atomic E-state index is 11.8. The Morgan fingerprint density at radius 1 is 0.963 bits per heavy atom. The second-order valence-corrected chi connectivity index (χ2v) is 8.23. The van der Waals surface area contributed by atoms with Crippen molar-refractivity contribution in [3.63, 3.8) is 0 Å². The van der Waals surface area contributed by atoms with Crippen molar-refractivity contribution in [1.29, 1.82) is 0 Å². The zero-order valence-corrected chi connectivity index (χ0v) is 16.1. The molecule has 1 N–H and O–H groups in total. The summed E-state index contributed by atoms with van der Waals surface area (Å²) in [5.41, 5.74) is 3.50. The van der Waals surface area contributed by atoms with Gasteiger partial charge < -0.3 is 10.0 Å². The number of likely N-dealkylation sites (tertiary alicyclic amines) is 2. The van der Waals surface area contributed by atoms with Crippen LogP contribution in [-0.4, -0.2) is 59.3 Å². The van der Waals surface area contributed by atoms with Crippen LogP contribution in [0.25, 0.3) is 11.3 Å². The van der Waals surface area contributed by atoms with Gasteiger partial charge in [-0.25, -0.2) is 0 Å². The maximum Gasteiger partial charge on any atom is 0.0695 e. The minimum absolute atomic E-state index is 0.0476. The molecule has 2 fully saturated rings. The van der Waals surface area contributed by atoms with E-state index in [0.717, 1.165) is 31.9 Å². The number of aromatic nitrogens is 2. The molecule has 0 bridgehead atoms. The van der Waals surface area contributed by atoms with Gasteiger partial charge >= 0.3 is 0 Å². The van der Waals surface area contributed by atoms with Crippen molar-refractivity contribution in [2.24, 2.45) is 11.8 Å². The molecule has 2 aliphatic heterocycles. The first-order valence-corrected chi connectivity index (χ1v) is 10.4. The Morgan fingerprint density at radius 3 is 2.44 bits per heavy atom. The van der Waals surface area contributed by atoms with E-state index >= 15 is 0 Å². The van der Waals surface area contributed by atoms with E-state index < -0.39 is 0 Å². The van der Waals surface area contributed by atoms with Crippen LogP contribution in [-0.2, 0) is 6.54 Å². The first kappa shape index (κ1) is 18.7. The molecular weight excluding hydrogens is 336 g/mol. The van der Waals surface area contributed by atoms with Crippen molar-refractivity contribution < 1.29 is 5.11 Å². The molecule has 0 aliphatic carbocycles. The lowest BCUT2D eigenvalue weighted by molar-refractivity contribution is -0.380. The predicted molar refractivity (Wildman–Crippen MR) is 106 cm³/mol. The van der Waals surface area contributed by atoms with Crippen LogP contribution in [0.4, 0.5) is 0 Å². The summed E-state index contributed by atoms with van der Waals surface area (Å²) in [6, 6.07) is 10.4. The molecule has 146 valence electrons. The average molecular weight is 368 g/mol. The Morgan fingerprint density at radius 2 is 1.70 bits per heavy atom. The summed E-state index contributed by atoms with van der Waals surface area (Å²) in [5.74, 6) is 0.785. The second-order valence-electron chi connectivity index (χ2n) is 8.23. The molecule has 5 nitrogen and oxygen atoms in total. The molecule has 1 aromatic carbocycles. The highest BCUT2D eigenvalue weighted by atomic mass is 16.3. The number of nitrogens with one attached hydrogen (secondary N) is 1. The summed E-state index contributed by atoms with van der Waals surface area (Å²) in [6.07, 6.45) is 7.29. The topological polar surface area (TPSA) is 58.2 Å². The third kappa shape index (κ3) is 4.60. The molecule has 2 saturated heterocycles. The highest BCUT2D eigenvalue weighted by molar-refractivity contribution is 5.62. The van der Waals surface area contributed by atoms with Gasteiger partial charge in [0.25, 0.3) is 0 Å². The molecule has 2 atom stereocenters.